The molecular weight excluding hydrogens is 300 g/mol. The Morgan fingerprint density at radius 1 is 1.21 bits per heavy atom. The maximum atomic E-state index is 12.4. The van der Waals surface area contributed by atoms with Gasteiger partial charge in [-0.05, 0) is 36.9 Å². The Morgan fingerprint density at radius 3 is 2.67 bits per heavy atom. The summed E-state index contributed by atoms with van der Waals surface area (Å²) in [6, 6.07) is 10.3. The van der Waals surface area contributed by atoms with Crippen LogP contribution in [0, 0.1) is 5.41 Å². The Balaban J connectivity index is 1.50. The van der Waals surface area contributed by atoms with Crippen LogP contribution in [-0.2, 0) is 9.53 Å². The van der Waals surface area contributed by atoms with E-state index < -0.39 is 0 Å². The van der Waals surface area contributed by atoms with E-state index in [0.29, 0.717) is 5.91 Å². The van der Waals surface area contributed by atoms with Gasteiger partial charge in [0.1, 0.15) is 0 Å². The number of piperidine rings is 1. The number of carbonyl (C=O) groups is 1. The first-order valence-corrected chi connectivity index (χ1v) is 8.91. The molecule has 3 rings (SSSR count). The highest BCUT2D eigenvalue weighted by molar-refractivity contribution is 5.79. The lowest BCUT2D eigenvalue weighted by Crippen LogP contribution is -2.42. The summed E-state index contributed by atoms with van der Waals surface area (Å²) in [6.07, 6.45) is 7.19. The molecule has 2 aliphatic rings. The van der Waals surface area contributed by atoms with E-state index in [4.69, 9.17) is 4.74 Å². The molecule has 1 aromatic rings. The summed E-state index contributed by atoms with van der Waals surface area (Å²) in [6.45, 7) is 5.62. The quantitative estimate of drug-likeness (QED) is 0.805. The molecule has 2 heterocycles. The number of rotatable bonds is 6. The van der Waals surface area contributed by atoms with Crippen molar-refractivity contribution in [1.29, 1.82) is 0 Å². The molecule has 130 valence electrons. The van der Waals surface area contributed by atoms with Gasteiger partial charge in [-0.1, -0.05) is 42.5 Å². The van der Waals surface area contributed by atoms with Crippen LogP contribution in [0.2, 0.25) is 0 Å². The van der Waals surface area contributed by atoms with E-state index >= 15 is 0 Å². The lowest BCUT2D eigenvalue weighted by Gasteiger charge is -2.38. The van der Waals surface area contributed by atoms with Crippen LogP contribution < -0.4 is 0 Å². The predicted molar refractivity (Wildman–Crippen MR) is 96.7 cm³/mol. The summed E-state index contributed by atoms with van der Waals surface area (Å²) in [4.78, 5) is 16.9. The van der Waals surface area contributed by atoms with Crippen molar-refractivity contribution >= 4 is 12.0 Å². The van der Waals surface area contributed by atoms with Crippen LogP contribution in [0.4, 0.5) is 0 Å². The summed E-state index contributed by atoms with van der Waals surface area (Å²) >= 11 is 0. The Labute approximate surface area is 145 Å². The zero-order chi connectivity index (χ0) is 16.8. The molecule has 0 atom stereocenters. The molecule has 1 aromatic carbocycles. The lowest BCUT2D eigenvalue weighted by molar-refractivity contribution is -0.127. The fourth-order valence-electron chi connectivity index (χ4n) is 3.83. The number of nitrogens with zero attached hydrogens (tertiary/aromatic N) is 2. The monoisotopic (exact) mass is 328 g/mol. The number of ether oxygens (including phenoxy) is 1. The van der Waals surface area contributed by atoms with Gasteiger partial charge in [0.05, 0.1) is 6.61 Å². The van der Waals surface area contributed by atoms with Gasteiger partial charge >= 0.3 is 0 Å². The molecule has 1 spiro atoms. The van der Waals surface area contributed by atoms with Crippen LogP contribution in [0.3, 0.4) is 0 Å². The molecule has 0 unspecified atom stereocenters. The fourth-order valence-corrected chi connectivity index (χ4v) is 3.83. The first-order valence-electron chi connectivity index (χ1n) is 8.91. The standard InChI is InChI=1S/C20H28N2O2/c1-24-15-14-21-12-9-20(10-13-21)16-19(23)22(17-20)11-5-8-18-6-3-2-4-7-18/h2-8H,9-17H2,1H3. The van der Waals surface area contributed by atoms with Gasteiger partial charge in [0.15, 0.2) is 0 Å². The molecule has 2 fully saturated rings. The molecule has 0 bridgehead atoms. The van der Waals surface area contributed by atoms with E-state index in [1.54, 1.807) is 7.11 Å². The molecule has 0 saturated carbocycles. The number of amides is 1. The second-order valence-electron chi connectivity index (χ2n) is 7.10. The molecule has 0 aliphatic carbocycles. The molecule has 0 aromatic heterocycles. The highest BCUT2D eigenvalue weighted by Gasteiger charge is 2.44. The SMILES string of the molecule is COCCN1CCC2(CC1)CC(=O)N(CC=Cc1ccccc1)C2. The van der Waals surface area contributed by atoms with Gasteiger partial charge in [0.2, 0.25) is 5.91 Å². The first-order chi connectivity index (χ1) is 11.7. The number of carbonyl (C=O) groups excluding carboxylic acids is 1. The minimum absolute atomic E-state index is 0.210. The second kappa shape index (κ2) is 7.95. The maximum absolute atomic E-state index is 12.4. The highest BCUT2D eigenvalue weighted by Crippen LogP contribution is 2.40. The number of hydrogen-bond donors (Lipinski definition) is 0. The molecular formula is C20H28N2O2. The van der Waals surface area contributed by atoms with Crippen molar-refractivity contribution < 1.29 is 9.53 Å². The normalized spacial score (nSPS) is 21.2. The topological polar surface area (TPSA) is 32.8 Å². The Morgan fingerprint density at radius 2 is 1.96 bits per heavy atom. The molecule has 24 heavy (non-hydrogen) atoms. The molecule has 2 aliphatic heterocycles. The van der Waals surface area contributed by atoms with Crippen molar-refractivity contribution in [2.24, 2.45) is 5.41 Å². The summed E-state index contributed by atoms with van der Waals surface area (Å²) in [7, 11) is 1.75. The molecule has 4 heteroatoms. The molecule has 4 nitrogen and oxygen atoms in total. The van der Waals surface area contributed by atoms with Crippen LogP contribution >= 0.6 is 0 Å². The summed E-state index contributed by atoms with van der Waals surface area (Å²) in [5.74, 6) is 0.318. The minimum atomic E-state index is 0.210. The molecule has 1 amide bonds. The Kier molecular flexibility index (Phi) is 5.69. The van der Waals surface area contributed by atoms with Crippen molar-refractivity contribution in [1.82, 2.24) is 9.80 Å². The first kappa shape index (κ1) is 17.2. The van der Waals surface area contributed by atoms with Gasteiger partial charge in [0, 0.05) is 33.2 Å². The van der Waals surface area contributed by atoms with Gasteiger partial charge in [-0.25, -0.2) is 0 Å². The third kappa shape index (κ3) is 4.25. The largest absolute Gasteiger partial charge is 0.383 e. The highest BCUT2D eigenvalue weighted by atomic mass is 16.5. The van der Waals surface area contributed by atoms with Gasteiger partial charge in [-0.2, -0.15) is 0 Å². The van der Waals surface area contributed by atoms with Gasteiger partial charge in [-0.15, -0.1) is 0 Å². The van der Waals surface area contributed by atoms with Crippen molar-refractivity contribution in [2.75, 3.05) is 46.4 Å². The number of likely N-dealkylation sites (tertiary alicyclic amines) is 2. The number of benzene rings is 1. The van der Waals surface area contributed by atoms with Crippen molar-refractivity contribution in [3.05, 3.63) is 42.0 Å². The van der Waals surface area contributed by atoms with E-state index in [0.717, 1.165) is 58.6 Å². The van der Waals surface area contributed by atoms with E-state index in [1.807, 2.05) is 23.1 Å². The van der Waals surface area contributed by atoms with Crippen molar-refractivity contribution in [3.63, 3.8) is 0 Å². The van der Waals surface area contributed by atoms with E-state index in [-0.39, 0.29) is 5.41 Å². The maximum Gasteiger partial charge on any atom is 0.223 e. The minimum Gasteiger partial charge on any atom is -0.383 e. The predicted octanol–water partition coefficient (Wildman–Crippen LogP) is 2.66. The summed E-state index contributed by atoms with van der Waals surface area (Å²) in [5, 5.41) is 0. The van der Waals surface area contributed by atoms with Crippen LogP contribution in [0.25, 0.3) is 6.08 Å². The average Bonchev–Trinajstić information content (AvgIpc) is 2.91. The number of hydrogen-bond acceptors (Lipinski definition) is 3. The smallest absolute Gasteiger partial charge is 0.223 e. The third-order valence-electron chi connectivity index (χ3n) is 5.37. The Bertz CT molecular complexity index is 562. The second-order valence-corrected chi connectivity index (χ2v) is 7.10. The molecule has 2 saturated heterocycles. The van der Waals surface area contributed by atoms with Crippen molar-refractivity contribution in [3.8, 4) is 0 Å². The van der Waals surface area contributed by atoms with E-state index in [1.165, 1.54) is 5.56 Å². The Hall–Kier alpha value is -1.65. The summed E-state index contributed by atoms with van der Waals surface area (Å²) in [5.41, 5.74) is 1.40. The average molecular weight is 328 g/mol. The van der Waals surface area contributed by atoms with E-state index in [2.05, 4.69) is 29.2 Å². The molecule has 0 N–H and O–H groups in total. The van der Waals surface area contributed by atoms with Gasteiger partial charge < -0.3 is 14.5 Å². The van der Waals surface area contributed by atoms with Crippen LogP contribution in [-0.4, -0.2) is 62.1 Å². The molecule has 0 radical (unpaired) electrons. The summed E-state index contributed by atoms with van der Waals surface area (Å²) < 4.78 is 5.16. The van der Waals surface area contributed by atoms with Crippen LogP contribution in [0.5, 0.6) is 0 Å². The van der Waals surface area contributed by atoms with Gasteiger partial charge in [-0.3, -0.25) is 4.79 Å². The fraction of sp³-hybridized carbons (Fsp3) is 0.550. The third-order valence-corrected chi connectivity index (χ3v) is 5.37. The van der Waals surface area contributed by atoms with Crippen molar-refractivity contribution in [2.45, 2.75) is 19.3 Å². The zero-order valence-electron chi connectivity index (χ0n) is 14.6. The zero-order valence-corrected chi connectivity index (χ0v) is 14.6. The lowest BCUT2D eigenvalue weighted by atomic mass is 9.77. The van der Waals surface area contributed by atoms with Crippen LogP contribution in [0.1, 0.15) is 24.8 Å². The van der Waals surface area contributed by atoms with Crippen LogP contribution in [0.15, 0.2) is 36.4 Å². The van der Waals surface area contributed by atoms with E-state index in [9.17, 15) is 4.79 Å². The van der Waals surface area contributed by atoms with Gasteiger partial charge in [0.25, 0.3) is 0 Å². The number of methoxy groups -OCH3 is 1.